The zero-order valence-electron chi connectivity index (χ0n) is 22.0. The van der Waals surface area contributed by atoms with Gasteiger partial charge in [-0.3, -0.25) is 13.9 Å². The summed E-state index contributed by atoms with van der Waals surface area (Å²) in [4.78, 5) is 28.2. The number of rotatable bonds is 12. The van der Waals surface area contributed by atoms with Gasteiger partial charge in [-0.1, -0.05) is 43.2 Å². The van der Waals surface area contributed by atoms with Gasteiger partial charge in [-0.25, -0.2) is 8.42 Å². The first-order valence-corrected chi connectivity index (χ1v) is 14.3. The Morgan fingerprint density at radius 1 is 1.05 bits per heavy atom. The summed E-state index contributed by atoms with van der Waals surface area (Å²) >= 11 is 0. The normalized spacial score (nSPS) is 14.6. The van der Waals surface area contributed by atoms with E-state index in [1.54, 1.807) is 19.1 Å². The molecule has 0 spiro atoms. The molecule has 1 aliphatic rings. The molecule has 2 aromatic rings. The molecule has 2 amide bonds. The monoisotopic (exact) mass is 531 g/mol. The van der Waals surface area contributed by atoms with E-state index in [9.17, 15) is 18.0 Å². The summed E-state index contributed by atoms with van der Waals surface area (Å²) in [5, 5.41) is 3.06. The van der Waals surface area contributed by atoms with Crippen LogP contribution in [0.4, 0.5) is 5.69 Å². The summed E-state index contributed by atoms with van der Waals surface area (Å²) in [5.41, 5.74) is 1.23. The summed E-state index contributed by atoms with van der Waals surface area (Å²) < 4.78 is 37.2. The van der Waals surface area contributed by atoms with Crippen molar-refractivity contribution in [1.29, 1.82) is 0 Å². The number of hydrogen-bond acceptors (Lipinski definition) is 6. The lowest BCUT2D eigenvalue weighted by Crippen LogP contribution is -2.53. The second kappa shape index (κ2) is 12.8. The third kappa shape index (κ3) is 7.61. The van der Waals surface area contributed by atoms with Crippen LogP contribution in [-0.4, -0.2) is 70.8 Å². The molecule has 0 aromatic heterocycles. The second-order valence-electron chi connectivity index (χ2n) is 9.30. The van der Waals surface area contributed by atoms with Crippen LogP contribution >= 0.6 is 0 Å². The molecule has 0 unspecified atom stereocenters. The minimum absolute atomic E-state index is 0.108. The van der Waals surface area contributed by atoms with Crippen molar-refractivity contribution in [3.05, 3.63) is 54.1 Å². The number of benzene rings is 2. The molecule has 3 rings (SSSR count). The molecule has 0 bridgehead atoms. The standard InChI is InChI=1S/C27H37N3O6S/c1-20(27(32)28-22-12-8-9-13-22)29(17-16-21-10-6-5-7-11-21)26(31)19-30(37(4,33)34)24-15-14-23(35-2)18-25(24)36-3/h5-7,10-11,14-15,18,20,22H,8-9,12-13,16-17,19H2,1-4H3,(H,28,32)/t20-/m0/s1. The third-order valence-corrected chi connectivity index (χ3v) is 7.81. The minimum atomic E-state index is -3.87. The molecular formula is C27H37N3O6S. The molecule has 37 heavy (non-hydrogen) atoms. The van der Waals surface area contributed by atoms with Crippen molar-refractivity contribution < 1.29 is 27.5 Å². The lowest BCUT2D eigenvalue weighted by molar-refractivity contribution is -0.139. The molecule has 0 saturated heterocycles. The first-order valence-electron chi connectivity index (χ1n) is 12.5. The van der Waals surface area contributed by atoms with Gasteiger partial charge in [0.15, 0.2) is 0 Å². The Balaban J connectivity index is 1.87. The Kier molecular flexibility index (Phi) is 9.79. The maximum atomic E-state index is 13.7. The Bertz CT molecular complexity index is 1170. The van der Waals surface area contributed by atoms with Gasteiger partial charge in [-0.2, -0.15) is 0 Å². The van der Waals surface area contributed by atoms with Crippen LogP contribution in [0.15, 0.2) is 48.5 Å². The van der Waals surface area contributed by atoms with E-state index >= 15 is 0 Å². The smallest absolute Gasteiger partial charge is 0.244 e. The van der Waals surface area contributed by atoms with Gasteiger partial charge < -0.3 is 19.7 Å². The number of sulfonamides is 1. The highest BCUT2D eigenvalue weighted by atomic mass is 32.2. The molecule has 0 radical (unpaired) electrons. The number of hydrogen-bond donors (Lipinski definition) is 1. The maximum absolute atomic E-state index is 13.7. The highest BCUT2D eigenvalue weighted by Gasteiger charge is 2.32. The number of methoxy groups -OCH3 is 2. The lowest BCUT2D eigenvalue weighted by atomic mass is 10.1. The van der Waals surface area contributed by atoms with Crippen LogP contribution in [0, 0.1) is 0 Å². The number of amides is 2. The van der Waals surface area contributed by atoms with Crippen molar-refractivity contribution in [1.82, 2.24) is 10.2 Å². The number of nitrogens with one attached hydrogen (secondary N) is 1. The Morgan fingerprint density at radius 2 is 1.73 bits per heavy atom. The quantitative estimate of drug-likeness (QED) is 0.452. The first-order chi connectivity index (χ1) is 17.6. The van der Waals surface area contributed by atoms with Crippen molar-refractivity contribution in [2.75, 3.05) is 37.9 Å². The number of ether oxygens (including phenoxy) is 2. The van der Waals surface area contributed by atoms with Crippen molar-refractivity contribution in [3.8, 4) is 11.5 Å². The van der Waals surface area contributed by atoms with Gasteiger partial charge in [0.05, 0.1) is 26.2 Å². The average molecular weight is 532 g/mol. The van der Waals surface area contributed by atoms with E-state index in [4.69, 9.17) is 9.47 Å². The number of nitrogens with zero attached hydrogens (tertiary/aromatic N) is 2. The Hall–Kier alpha value is -3.27. The molecule has 1 N–H and O–H groups in total. The fourth-order valence-corrected chi connectivity index (χ4v) is 5.40. The van der Waals surface area contributed by atoms with E-state index < -0.39 is 28.5 Å². The fraction of sp³-hybridized carbons (Fsp3) is 0.481. The summed E-state index contributed by atoms with van der Waals surface area (Å²) in [6.07, 6.45) is 5.56. The van der Waals surface area contributed by atoms with Crippen LogP contribution in [0.1, 0.15) is 38.2 Å². The van der Waals surface area contributed by atoms with Crippen LogP contribution in [0.25, 0.3) is 0 Å². The highest BCUT2D eigenvalue weighted by Crippen LogP contribution is 2.33. The second-order valence-corrected chi connectivity index (χ2v) is 11.2. The molecule has 1 aliphatic carbocycles. The van der Waals surface area contributed by atoms with Gasteiger partial charge in [0.2, 0.25) is 21.8 Å². The van der Waals surface area contributed by atoms with Gasteiger partial charge in [0.1, 0.15) is 24.1 Å². The summed E-state index contributed by atoms with van der Waals surface area (Å²) in [7, 11) is -0.952. The van der Waals surface area contributed by atoms with E-state index in [-0.39, 0.29) is 29.9 Å². The summed E-state index contributed by atoms with van der Waals surface area (Å²) in [6.45, 7) is 1.47. The lowest BCUT2D eigenvalue weighted by Gasteiger charge is -2.32. The van der Waals surface area contributed by atoms with Gasteiger partial charge in [-0.15, -0.1) is 0 Å². The molecule has 0 aliphatic heterocycles. The SMILES string of the molecule is COc1ccc(N(CC(=O)N(CCc2ccccc2)[C@@H](C)C(=O)NC2CCCC2)S(C)(=O)=O)c(OC)c1. The van der Waals surface area contributed by atoms with Crippen LogP contribution < -0.4 is 19.1 Å². The maximum Gasteiger partial charge on any atom is 0.244 e. The zero-order valence-corrected chi connectivity index (χ0v) is 22.8. The fourth-order valence-electron chi connectivity index (χ4n) is 4.55. The Labute approximate surface area is 219 Å². The average Bonchev–Trinajstić information content (AvgIpc) is 3.40. The summed E-state index contributed by atoms with van der Waals surface area (Å²) in [6, 6.07) is 13.7. The van der Waals surface area contributed by atoms with Gasteiger partial charge >= 0.3 is 0 Å². The van der Waals surface area contributed by atoms with Crippen molar-refractivity contribution in [3.63, 3.8) is 0 Å². The van der Waals surface area contributed by atoms with Crippen LogP contribution in [0.3, 0.4) is 0 Å². The molecule has 9 nitrogen and oxygen atoms in total. The third-order valence-electron chi connectivity index (χ3n) is 6.69. The molecule has 202 valence electrons. The molecule has 2 aromatic carbocycles. The van der Waals surface area contributed by atoms with Crippen molar-refractivity contribution in [2.24, 2.45) is 0 Å². The van der Waals surface area contributed by atoms with E-state index in [0.29, 0.717) is 12.2 Å². The molecule has 1 fully saturated rings. The van der Waals surface area contributed by atoms with Crippen molar-refractivity contribution >= 4 is 27.5 Å². The molecular weight excluding hydrogens is 494 g/mol. The van der Waals surface area contributed by atoms with Gasteiger partial charge in [0.25, 0.3) is 0 Å². The largest absolute Gasteiger partial charge is 0.497 e. The highest BCUT2D eigenvalue weighted by molar-refractivity contribution is 7.92. The zero-order chi connectivity index (χ0) is 27.0. The Morgan fingerprint density at radius 3 is 2.32 bits per heavy atom. The molecule has 10 heteroatoms. The number of carbonyl (C=O) groups is 2. The number of carbonyl (C=O) groups excluding carboxylic acids is 2. The van der Waals surface area contributed by atoms with E-state index in [2.05, 4.69) is 5.32 Å². The van der Waals surface area contributed by atoms with E-state index in [1.165, 1.54) is 25.2 Å². The van der Waals surface area contributed by atoms with Gasteiger partial charge in [-0.05, 0) is 43.9 Å². The van der Waals surface area contributed by atoms with E-state index in [1.807, 2.05) is 30.3 Å². The molecule has 1 atom stereocenters. The predicted molar refractivity (Wildman–Crippen MR) is 143 cm³/mol. The predicted octanol–water partition coefficient (Wildman–Crippen LogP) is 2.99. The molecule has 1 saturated carbocycles. The summed E-state index contributed by atoms with van der Waals surface area (Å²) in [5.74, 6) is 0.0250. The van der Waals surface area contributed by atoms with Gasteiger partial charge in [0, 0.05) is 18.7 Å². The van der Waals surface area contributed by atoms with E-state index in [0.717, 1.165) is 41.8 Å². The topological polar surface area (TPSA) is 105 Å². The minimum Gasteiger partial charge on any atom is -0.497 e. The van der Waals surface area contributed by atoms with Crippen LogP contribution in [0.5, 0.6) is 11.5 Å². The first kappa shape index (κ1) is 28.3. The number of anilines is 1. The van der Waals surface area contributed by atoms with Crippen LogP contribution in [-0.2, 0) is 26.0 Å². The molecule has 0 heterocycles. The van der Waals surface area contributed by atoms with Crippen LogP contribution in [0.2, 0.25) is 0 Å². The van der Waals surface area contributed by atoms with Crippen molar-refractivity contribution in [2.45, 2.75) is 51.1 Å².